The van der Waals surface area contributed by atoms with Crippen LogP contribution in [0.5, 0.6) is 5.75 Å². The zero-order valence-electron chi connectivity index (χ0n) is 15.5. The summed E-state index contributed by atoms with van der Waals surface area (Å²) in [6, 6.07) is 7.18. The van der Waals surface area contributed by atoms with Crippen LogP contribution in [-0.2, 0) is 23.4 Å². The molecule has 0 saturated carbocycles. The van der Waals surface area contributed by atoms with Crippen LogP contribution >= 0.6 is 8.25 Å². The van der Waals surface area contributed by atoms with Gasteiger partial charge in [-0.3, -0.25) is 14.5 Å². The van der Waals surface area contributed by atoms with Gasteiger partial charge >= 0.3 is 8.25 Å². The van der Waals surface area contributed by atoms with Gasteiger partial charge in [0.2, 0.25) is 12.3 Å². The minimum absolute atomic E-state index is 0.0220. The maximum atomic E-state index is 12.0. The van der Waals surface area contributed by atoms with Crippen molar-refractivity contribution in [3.63, 3.8) is 0 Å². The van der Waals surface area contributed by atoms with E-state index in [9.17, 15) is 14.2 Å². The van der Waals surface area contributed by atoms with Crippen LogP contribution in [0.15, 0.2) is 36.5 Å². The van der Waals surface area contributed by atoms with Gasteiger partial charge in [0.25, 0.3) is 0 Å². The minimum atomic E-state index is -2.33. The van der Waals surface area contributed by atoms with Crippen molar-refractivity contribution in [2.24, 2.45) is 5.92 Å². The molecule has 9 heteroatoms. The monoisotopic (exact) mass is 395 g/mol. The summed E-state index contributed by atoms with van der Waals surface area (Å²) in [5, 5.41) is 2.44. The van der Waals surface area contributed by atoms with Gasteiger partial charge in [-0.05, 0) is 31.0 Å². The van der Waals surface area contributed by atoms with Crippen molar-refractivity contribution in [2.45, 2.75) is 32.6 Å². The lowest BCUT2D eigenvalue weighted by atomic mass is 10.1. The second kappa shape index (κ2) is 10.2. The van der Waals surface area contributed by atoms with Crippen LogP contribution in [0.25, 0.3) is 0 Å². The van der Waals surface area contributed by atoms with Crippen molar-refractivity contribution in [3.8, 4) is 5.75 Å². The molecule has 1 fully saturated rings. The Kier molecular flexibility index (Phi) is 7.91. The van der Waals surface area contributed by atoms with E-state index in [4.69, 9.17) is 13.8 Å². The summed E-state index contributed by atoms with van der Waals surface area (Å²) in [4.78, 5) is 23.9. The number of benzene rings is 1. The van der Waals surface area contributed by atoms with Crippen molar-refractivity contribution in [3.05, 3.63) is 42.1 Å². The number of carbonyl (C=O) groups excluding carboxylic acids is 2. The summed E-state index contributed by atoms with van der Waals surface area (Å²) in [6.07, 6.45) is 2.99. The zero-order chi connectivity index (χ0) is 19.8. The van der Waals surface area contributed by atoms with Crippen molar-refractivity contribution in [2.75, 3.05) is 13.7 Å². The van der Waals surface area contributed by atoms with E-state index in [0.717, 1.165) is 5.56 Å². The summed E-state index contributed by atoms with van der Waals surface area (Å²) < 4.78 is 28.3. The molecule has 0 bridgehead atoms. The smallest absolute Gasteiger partial charge is 0.356 e. The quantitative estimate of drug-likeness (QED) is 0.392. The molecule has 1 aromatic rings. The lowest BCUT2D eigenvalue weighted by Gasteiger charge is -2.23. The molecule has 1 saturated heterocycles. The van der Waals surface area contributed by atoms with Crippen LogP contribution < -0.4 is 9.84 Å². The Bertz CT molecular complexity index is 711. The first kappa shape index (κ1) is 21.0. The van der Waals surface area contributed by atoms with E-state index in [1.54, 1.807) is 18.2 Å². The van der Waals surface area contributed by atoms with Crippen LogP contribution in [-0.4, -0.2) is 43.2 Å². The first-order valence-electron chi connectivity index (χ1n) is 8.56. The molecule has 1 unspecified atom stereocenters. The molecule has 1 aliphatic rings. The van der Waals surface area contributed by atoms with Gasteiger partial charge in [-0.2, -0.15) is 0 Å². The number of aryl methyl sites for hydroxylation is 1. The number of rotatable bonds is 9. The van der Waals surface area contributed by atoms with Gasteiger partial charge in [-0.1, -0.05) is 19.1 Å². The van der Waals surface area contributed by atoms with E-state index in [0.29, 0.717) is 18.6 Å². The number of ether oxygens (including phenoxy) is 1. The second-order valence-corrected chi connectivity index (χ2v) is 7.16. The molecule has 2 amide bonds. The van der Waals surface area contributed by atoms with E-state index in [1.165, 1.54) is 24.2 Å². The molecule has 4 atom stereocenters. The molecule has 146 valence electrons. The summed E-state index contributed by atoms with van der Waals surface area (Å²) >= 11 is 0. The van der Waals surface area contributed by atoms with Crippen LogP contribution in [0.2, 0.25) is 0 Å². The third-order valence-electron chi connectivity index (χ3n) is 4.05. The number of carbonyl (C=O) groups is 2. The number of hydrogen-bond acceptors (Lipinski definition) is 6. The maximum Gasteiger partial charge on any atom is 0.750 e. The van der Waals surface area contributed by atoms with Crippen molar-refractivity contribution < 1.29 is 27.9 Å². The Labute approximate surface area is 159 Å². The van der Waals surface area contributed by atoms with Crippen LogP contribution in [0.3, 0.4) is 0 Å². The lowest BCUT2D eigenvalue weighted by Crippen LogP contribution is -2.34. The van der Waals surface area contributed by atoms with Crippen LogP contribution in [0.1, 0.15) is 18.9 Å². The Morgan fingerprint density at radius 3 is 2.93 bits per heavy atom. The SMILES string of the molecule is CNC(=O)/C=C\N(C=O)[C@@H]1O[C@H](CO[P+](=O)Oc2cccc(C)c2)C[C@@H]1C. The molecule has 8 nitrogen and oxygen atoms in total. The van der Waals surface area contributed by atoms with Crippen LogP contribution in [0.4, 0.5) is 0 Å². The van der Waals surface area contributed by atoms with E-state index in [-0.39, 0.29) is 24.5 Å². The van der Waals surface area contributed by atoms with Gasteiger partial charge in [0, 0.05) is 29.8 Å². The van der Waals surface area contributed by atoms with Gasteiger partial charge in [-0.25, -0.2) is 4.52 Å². The second-order valence-electron chi connectivity index (χ2n) is 6.27. The summed E-state index contributed by atoms with van der Waals surface area (Å²) in [5.74, 6) is 0.174. The number of hydrogen-bond donors (Lipinski definition) is 1. The Morgan fingerprint density at radius 1 is 1.48 bits per heavy atom. The van der Waals surface area contributed by atoms with Gasteiger partial charge in [0.1, 0.15) is 12.8 Å². The van der Waals surface area contributed by atoms with Gasteiger partial charge < -0.3 is 10.1 Å². The average molecular weight is 395 g/mol. The highest BCUT2D eigenvalue weighted by Crippen LogP contribution is 2.33. The zero-order valence-corrected chi connectivity index (χ0v) is 16.4. The van der Waals surface area contributed by atoms with E-state index < -0.39 is 14.5 Å². The molecule has 0 radical (unpaired) electrons. The van der Waals surface area contributed by atoms with Gasteiger partial charge in [0.05, 0.1) is 6.10 Å². The number of nitrogens with one attached hydrogen (secondary N) is 1. The van der Waals surface area contributed by atoms with Crippen molar-refractivity contribution in [1.29, 1.82) is 0 Å². The Hall–Kier alpha value is -2.28. The molecule has 1 aliphatic heterocycles. The van der Waals surface area contributed by atoms with E-state index >= 15 is 0 Å². The number of nitrogens with zero attached hydrogens (tertiary/aromatic N) is 1. The van der Waals surface area contributed by atoms with Crippen molar-refractivity contribution >= 4 is 20.6 Å². The van der Waals surface area contributed by atoms with Gasteiger partial charge in [-0.15, -0.1) is 4.52 Å². The van der Waals surface area contributed by atoms with E-state index in [1.807, 2.05) is 19.9 Å². The first-order chi connectivity index (χ1) is 12.9. The molecule has 0 aromatic heterocycles. The highest BCUT2D eigenvalue weighted by molar-refractivity contribution is 7.33. The van der Waals surface area contributed by atoms with Gasteiger partial charge in [0.15, 0.2) is 5.75 Å². The number of amides is 2. The fourth-order valence-corrected chi connectivity index (χ4v) is 3.36. The van der Waals surface area contributed by atoms with Crippen LogP contribution in [0, 0.1) is 12.8 Å². The largest absolute Gasteiger partial charge is 0.750 e. The molecule has 0 aliphatic carbocycles. The van der Waals surface area contributed by atoms with Crippen molar-refractivity contribution in [1.82, 2.24) is 10.2 Å². The third-order valence-corrected chi connectivity index (χ3v) is 4.77. The fourth-order valence-electron chi connectivity index (χ4n) is 2.73. The number of likely N-dealkylation sites (N-methyl/N-ethyl adjacent to an activating group) is 1. The highest BCUT2D eigenvalue weighted by Gasteiger charge is 2.37. The fraction of sp³-hybridized carbons (Fsp3) is 0.444. The summed E-state index contributed by atoms with van der Waals surface area (Å²) in [6.45, 7) is 3.91. The lowest BCUT2D eigenvalue weighted by molar-refractivity contribution is -0.129. The molecular weight excluding hydrogens is 371 g/mol. The standard InChI is InChI=1S/C18H23N2O6P/c1-13-5-4-6-15(9-13)26-27(23)24-11-16-10-14(2)18(25-16)20(12-21)8-7-17(22)19-3/h4-9,12,14,16,18H,10-11H2,1-3H3/p+1/b8-7-/t14-,16-,18+/m0/s1. The molecule has 1 aromatic carbocycles. The molecule has 2 rings (SSSR count). The highest BCUT2D eigenvalue weighted by atomic mass is 31.1. The van der Waals surface area contributed by atoms with E-state index in [2.05, 4.69) is 5.32 Å². The predicted molar refractivity (Wildman–Crippen MR) is 98.9 cm³/mol. The maximum absolute atomic E-state index is 12.0. The normalized spacial score (nSPS) is 22.5. The summed E-state index contributed by atoms with van der Waals surface area (Å²) in [7, 11) is -0.831. The Morgan fingerprint density at radius 2 is 2.26 bits per heavy atom. The third kappa shape index (κ3) is 6.43. The molecule has 0 spiro atoms. The first-order valence-corrected chi connectivity index (χ1v) is 9.65. The molecule has 27 heavy (non-hydrogen) atoms. The minimum Gasteiger partial charge on any atom is -0.356 e. The summed E-state index contributed by atoms with van der Waals surface area (Å²) in [5.41, 5.74) is 0.991. The topological polar surface area (TPSA) is 94.2 Å². The molecular formula is C18H24N2O6P+. The molecule has 1 N–H and O–H groups in total. The molecule has 1 heterocycles. The Balaban J connectivity index is 1.84. The average Bonchev–Trinajstić information content (AvgIpc) is 3.01. The predicted octanol–water partition coefficient (Wildman–Crippen LogP) is 2.52.